The van der Waals surface area contributed by atoms with Gasteiger partial charge in [-0.3, -0.25) is 4.79 Å². The van der Waals surface area contributed by atoms with Crippen molar-refractivity contribution in [2.75, 3.05) is 7.11 Å². The summed E-state index contributed by atoms with van der Waals surface area (Å²) in [4.78, 5) is 12.3. The zero-order valence-corrected chi connectivity index (χ0v) is 16.9. The highest BCUT2D eigenvalue weighted by Crippen LogP contribution is 2.30. The predicted molar refractivity (Wildman–Crippen MR) is 117 cm³/mol. The molecule has 0 spiro atoms. The lowest BCUT2D eigenvalue weighted by Gasteiger charge is -2.03. The molecular formula is C23H18N4O5. The van der Waals surface area contributed by atoms with Crippen LogP contribution in [0.5, 0.6) is 17.2 Å². The van der Waals surface area contributed by atoms with Crippen molar-refractivity contribution in [2.24, 2.45) is 5.10 Å². The fraction of sp³-hybridized carbons (Fsp3) is 0.0435. The maximum absolute atomic E-state index is 12.3. The maximum atomic E-state index is 12.3. The maximum Gasteiger partial charge on any atom is 0.271 e. The Bertz CT molecular complexity index is 1280. The van der Waals surface area contributed by atoms with E-state index in [-0.39, 0.29) is 11.5 Å². The molecule has 9 heteroatoms. The molecule has 160 valence electrons. The van der Waals surface area contributed by atoms with E-state index in [1.54, 1.807) is 43.5 Å². The Morgan fingerprint density at radius 2 is 1.75 bits per heavy atom. The average molecular weight is 430 g/mol. The van der Waals surface area contributed by atoms with Gasteiger partial charge in [0.1, 0.15) is 5.75 Å². The van der Waals surface area contributed by atoms with E-state index < -0.39 is 5.91 Å². The second-order valence-corrected chi connectivity index (χ2v) is 6.64. The van der Waals surface area contributed by atoms with E-state index in [0.29, 0.717) is 39.8 Å². The molecule has 4 rings (SSSR count). The number of ether oxygens (including phenoxy) is 1. The molecule has 0 bridgehead atoms. The van der Waals surface area contributed by atoms with E-state index in [4.69, 9.17) is 9.15 Å². The van der Waals surface area contributed by atoms with E-state index in [1.165, 1.54) is 18.3 Å². The van der Waals surface area contributed by atoms with Gasteiger partial charge in [0.05, 0.1) is 18.9 Å². The van der Waals surface area contributed by atoms with Gasteiger partial charge in [0, 0.05) is 11.1 Å². The first-order valence-corrected chi connectivity index (χ1v) is 9.48. The summed E-state index contributed by atoms with van der Waals surface area (Å²) >= 11 is 0. The van der Waals surface area contributed by atoms with Crippen LogP contribution in [0.25, 0.3) is 22.9 Å². The summed E-state index contributed by atoms with van der Waals surface area (Å²) in [6.45, 7) is 0. The van der Waals surface area contributed by atoms with Crippen LogP contribution < -0.4 is 10.2 Å². The number of aromatic nitrogens is 2. The van der Waals surface area contributed by atoms with Gasteiger partial charge in [-0.05, 0) is 60.2 Å². The monoisotopic (exact) mass is 430 g/mol. The molecule has 9 nitrogen and oxygen atoms in total. The zero-order valence-electron chi connectivity index (χ0n) is 16.9. The van der Waals surface area contributed by atoms with Crippen molar-refractivity contribution in [1.29, 1.82) is 0 Å². The van der Waals surface area contributed by atoms with E-state index in [1.807, 2.05) is 18.2 Å². The number of rotatable bonds is 6. The molecule has 0 unspecified atom stereocenters. The minimum atomic E-state index is -0.420. The van der Waals surface area contributed by atoms with Crippen molar-refractivity contribution in [3.63, 3.8) is 0 Å². The van der Waals surface area contributed by atoms with E-state index in [9.17, 15) is 15.0 Å². The first kappa shape index (κ1) is 20.6. The van der Waals surface area contributed by atoms with Crippen LogP contribution in [0.4, 0.5) is 0 Å². The topological polar surface area (TPSA) is 130 Å². The lowest BCUT2D eigenvalue weighted by molar-refractivity contribution is 0.0955. The fourth-order valence-electron chi connectivity index (χ4n) is 2.88. The Morgan fingerprint density at radius 3 is 2.50 bits per heavy atom. The normalized spacial score (nSPS) is 10.9. The number of nitrogens with one attached hydrogen (secondary N) is 1. The lowest BCUT2D eigenvalue weighted by atomic mass is 10.1. The molecule has 0 aliphatic heterocycles. The third-order valence-corrected chi connectivity index (χ3v) is 4.54. The van der Waals surface area contributed by atoms with Crippen LogP contribution in [0.2, 0.25) is 0 Å². The average Bonchev–Trinajstić information content (AvgIpc) is 3.31. The Kier molecular flexibility index (Phi) is 5.80. The zero-order chi connectivity index (χ0) is 22.5. The first-order chi connectivity index (χ1) is 15.5. The molecule has 0 aliphatic rings. The molecule has 3 N–H and O–H groups in total. The summed E-state index contributed by atoms with van der Waals surface area (Å²) in [6, 6.07) is 18.1. The molecule has 0 saturated heterocycles. The number of hydrogen-bond donors (Lipinski definition) is 3. The van der Waals surface area contributed by atoms with Crippen molar-refractivity contribution in [2.45, 2.75) is 0 Å². The first-order valence-electron chi connectivity index (χ1n) is 9.48. The van der Waals surface area contributed by atoms with Crippen LogP contribution in [0.15, 0.2) is 76.2 Å². The highest BCUT2D eigenvalue weighted by molar-refractivity contribution is 5.95. The second kappa shape index (κ2) is 9.00. The van der Waals surface area contributed by atoms with Crippen LogP contribution >= 0.6 is 0 Å². The summed E-state index contributed by atoms with van der Waals surface area (Å²) in [5.74, 6) is 0.332. The van der Waals surface area contributed by atoms with Crippen molar-refractivity contribution in [3.05, 3.63) is 77.9 Å². The van der Waals surface area contributed by atoms with E-state index >= 15 is 0 Å². The summed E-state index contributed by atoms with van der Waals surface area (Å²) in [5, 5.41) is 30.8. The quantitative estimate of drug-likeness (QED) is 0.242. The number of phenolic OH excluding ortho intramolecular Hbond substituents is 2. The van der Waals surface area contributed by atoms with Gasteiger partial charge in [0.25, 0.3) is 11.8 Å². The van der Waals surface area contributed by atoms with Gasteiger partial charge in [-0.15, -0.1) is 10.2 Å². The number of amides is 1. The largest absolute Gasteiger partial charge is 0.504 e. The van der Waals surface area contributed by atoms with Gasteiger partial charge >= 0.3 is 0 Å². The standard InChI is InChI=1S/C23H18N4O5/c1-31-20-5-3-2-4-17(20)23-27-26-22(32-23)16-9-7-15(8-10-16)21(30)25-24-13-14-6-11-18(28)19(29)12-14/h2-13,28-29H,1H3,(H,25,30)/b24-13+. The van der Waals surface area contributed by atoms with Crippen LogP contribution in [-0.4, -0.2) is 39.6 Å². The highest BCUT2D eigenvalue weighted by Gasteiger charge is 2.14. The highest BCUT2D eigenvalue weighted by atomic mass is 16.5. The van der Waals surface area contributed by atoms with E-state index in [2.05, 4.69) is 20.7 Å². The number of benzene rings is 3. The predicted octanol–water partition coefficient (Wildman–Crippen LogP) is 3.59. The van der Waals surface area contributed by atoms with Gasteiger partial charge in [0.15, 0.2) is 11.5 Å². The van der Waals surface area contributed by atoms with Gasteiger partial charge in [-0.25, -0.2) is 5.43 Å². The SMILES string of the molecule is COc1ccccc1-c1nnc(-c2ccc(C(=O)N/N=C/c3ccc(O)c(O)c3)cc2)o1. The fourth-order valence-corrected chi connectivity index (χ4v) is 2.88. The molecule has 0 saturated carbocycles. The minimum Gasteiger partial charge on any atom is -0.504 e. The molecule has 3 aromatic carbocycles. The minimum absolute atomic E-state index is 0.234. The molecule has 1 amide bonds. The molecule has 1 aromatic heterocycles. The Morgan fingerprint density at radius 1 is 1.00 bits per heavy atom. The number of para-hydroxylation sites is 1. The molecule has 1 heterocycles. The van der Waals surface area contributed by atoms with Gasteiger partial charge in [0.2, 0.25) is 5.89 Å². The van der Waals surface area contributed by atoms with Crippen LogP contribution in [-0.2, 0) is 0 Å². The Hall–Kier alpha value is -4.66. The number of hydrazone groups is 1. The van der Waals surface area contributed by atoms with Crippen LogP contribution in [0.1, 0.15) is 15.9 Å². The van der Waals surface area contributed by atoms with Crippen molar-refractivity contribution >= 4 is 12.1 Å². The molecule has 0 radical (unpaired) electrons. The molecule has 0 fully saturated rings. The molecule has 32 heavy (non-hydrogen) atoms. The lowest BCUT2D eigenvalue weighted by Crippen LogP contribution is -2.17. The summed E-state index contributed by atoms with van der Waals surface area (Å²) in [6.07, 6.45) is 1.35. The van der Waals surface area contributed by atoms with Crippen molar-refractivity contribution < 1.29 is 24.2 Å². The summed E-state index contributed by atoms with van der Waals surface area (Å²) in [5.41, 5.74) is 4.63. The van der Waals surface area contributed by atoms with Gasteiger partial charge in [-0.1, -0.05) is 12.1 Å². The van der Waals surface area contributed by atoms with Gasteiger partial charge in [-0.2, -0.15) is 5.10 Å². The number of hydrogen-bond acceptors (Lipinski definition) is 8. The van der Waals surface area contributed by atoms with E-state index in [0.717, 1.165) is 0 Å². The van der Waals surface area contributed by atoms with Crippen LogP contribution in [0.3, 0.4) is 0 Å². The third-order valence-electron chi connectivity index (χ3n) is 4.54. The molecule has 4 aromatic rings. The molecule has 0 aliphatic carbocycles. The number of methoxy groups -OCH3 is 1. The molecular weight excluding hydrogens is 412 g/mol. The van der Waals surface area contributed by atoms with Crippen LogP contribution in [0, 0.1) is 0 Å². The van der Waals surface area contributed by atoms with Crippen molar-refractivity contribution in [3.8, 4) is 40.2 Å². The van der Waals surface area contributed by atoms with Crippen molar-refractivity contribution in [1.82, 2.24) is 15.6 Å². The summed E-state index contributed by atoms with van der Waals surface area (Å²) in [7, 11) is 1.57. The smallest absolute Gasteiger partial charge is 0.271 e. The number of carbonyl (C=O) groups is 1. The Labute approximate surface area is 182 Å². The molecule has 0 atom stereocenters. The van der Waals surface area contributed by atoms with Gasteiger partial charge < -0.3 is 19.4 Å². The Balaban J connectivity index is 1.44. The second-order valence-electron chi connectivity index (χ2n) is 6.64. The third kappa shape index (κ3) is 4.41. The summed E-state index contributed by atoms with van der Waals surface area (Å²) < 4.78 is 11.1. The number of phenols is 2. The number of nitrogens with zero attached hydrogens (tertiary/aromatic N) is 3. The number of carbonyl (C=O) groups excluding carboxylic acids is 1. The number of aromatic hydroxyl groups is 2.